The number of aryl methyl sites for hydroxylation is 1. The maximum atomic E-state index is 13.0. The Morgan fingerprint density at radius 2 is 2.18 bits per heavy atom. The number of aromatic nitrogens is 4. The molecule has 1 unspecified atom stereocenters. The highest BCUT2D eigenvalue weighted by molar-refractivity contribution is 9.10. The molecule has 0 bridgehead atoms. The fraction of sp³-hybridized carbons (Fsp3) is 0.333. The number of carbonyl (C=O) groups is 1. The van der Waals surface area contributed by atoms with Crippen molar-refractivity contribution in [2.24, 2.45) is 7.05 Å². The second kappa shape index (κ2) is 7.27. The average molecular weight is 447 g/mol. The molecule has 1 fully saturated rings. The standard InChI is InChI=1S/C18H19BrN6O3/c1-23-10-11(19)9-12(16(23)26)21-17(27)24-8-3-2-6-14(24)25-13-5-4-7-20-15(13)22-18(25)28/h4-5,7,9-10,14H,2-3,6,8H2,1H3,(H,21,27)(H,20,22,28). The Labute approximate surface area is 168 Å². The molecule has 0 spiro atoms. The van der Waals surface area contributed by atoms with Crippen LogP contribution in [0.1, 0.15) is 25.4 Å². The molecule has 1 aliphatic rings. The number of H-pyrrole nitrogens is 1. The van der Waals surface area contributed by atoms with Gasteiger partial charge in [0.1, 0.15) is 11.9 Å². The minimum Gasteiger partial charge on any atom is -0.316 e. The van der Waals surface area contributed by atoms with Gasteiger partial charge in [0.2, 0.25) is 0 Å². The minimum atomic E-state index is -0.449. The number of likely N-dealkylation sites (tertiary alicyclic amines) is 1. The van der Waals surface area contributed by atoms with E-state index in [9.17, 15) is 14.4 Å². The number of halogens is 1. The molecule has 2 N–H and O–H groups in total. The lowest BCUT2D eigenvalue weighted by atomic mass is 10.1. The van der Waals surface area contributed by atoms with Crippen molar-refractivity contribution < 1.29 is 4.79 Å². The lowest BCUT2D eigenvalue weighted by molar-refractivity contribution is 0.126. The Balaban J connectivity index is 1.70. The van der Waals surface area contributed by atoms with Crippen molar-refractivity contribution in [1.29, 1.82) is 0 Å². The summed E-state index contributed by atoms with van der Waals surface area (Å²) in [6.45, 7) is 0.490. The molecule has 3 aromatic heterocycles. The fourth-order valence-corrected chi connectivity index (χ4v) is 4.16. The quantitative estimate of drug-likeness (QED) is 0.630. The number of aromatic amines is 1. The summed E-state index contributed by atoms with van der Waals surface area (Å²) < 4.78 is 3.64. The number of piperidine rings is 1. The zero-order chi connectivity index (χ0) is 19.8. The third-order valence-corrected chi connectivity index (χ3v) is 5.35. The largest absolute Gasteiger partial charge is 0.329 e. The Kier molecular flexibility index (Phi) is 4.80. The van der Waals surface area contributed by atoms with Crippen LogP contribution >= 0.6 is 15.9 Å². The number of rotatable bonds is 2. The summed E-state index contributed by atoms with van der Waals surface area (Å²) in [7, 11) is 1.62. The van der Waals surface area contributed by atoms with Gasteiger partial charge in [-0.05, 0) is 53.4 Å². The second-order valence-electron chi connectivity index (χ2n) is 6.76. The monoisotopic (exact) mass is 446 g/mol. The summed E-state index contributed by atoms with van der Waals surface area (Å²) in [5.41, 5.74) is 0.698. The van der Waals surface area contributed by atoms with Gasteiger partial charge >= 0.3 is 11.7 Å². The number of hydrogen-bond donors (Lipinski definition) is 2. The van der Waals surface area contributed by atoms with E-state index in [1.807, 2.05) is 0 Å². The number of hydrogen-bond acceptors (Lipinski definition) is 4. The van der Waals surface area contributed by atoms with Crippen LogP contribution in [0.3, 0.4) is 0 Å². The molecule has 3 aromatic rings. The number of imidazole rings is 1. The maximum Gasteiger partial charge on any atom is 0.329 e. The Bertz CT molecular complexity index is 1160. The van der Waals surface area contributed by atoms with Crippen LogP contribution in [0.15, 0.2) is 44.7 Å². The third kappa shape index (κ3) is 3.24. The van der Waals surface area contributed by atoms with Crippen LogP contribution in [-0.2, 0) is 7.05 Å². The van der Waals surface area contributed by atoms with Crippen molar-refractivity contribution in [3.63, 3.8) is 0 Å². The van der Waals surface area contributed by atoms with E-state index in [-0.39, 0.29) is 16.9 Å². The van der Waals surface area contributed by atoms with Crippen LogP contribution in [0.5, 0.6) is 0 Å². The highest BCUT2D eigenvalue weighted by atomic mass is 79.9. The van der Waals surface area contributed by atoms with Crippen molar-refractivity contribution in [3.05, 3.63) is 55.9 Å². The van der Waals surface area contributed by atoms with Gasteiger partial charge in [-0.15, -0.1) is 0 Å². The SMILES string of the molecule is Cn1cc(Br)cc(NC(=O)N2CCCCC2n2c(=O)[nH]c3ncccc32)c1=O. The molecule has 1 aliphatic heterocycles. The normalized spacial score (nSPS) is 17.1. The van der Waals surface area contributed by atoms with E-state index in [1.165, 1.54) is 4.57 Å². The number of carbonyl (C=O) groups excluding carboxylic acids is 1. The molecule has 1 saturated heterocycles. The van der Waals surface area contributed by atoms with E-state index in [0.29, 0.717) is 28.6 Å². The third-order valence-electron chi connectivity index (χ3n) is 4.91. The Morgan fingerprint density at radius 3 is 3.00 bits per heavy atom. The molecule has 10 heteroatoms. The molecule has 4 rings (SSSR count). The fourth-order valence-electron chi connectivity index (χ4n) is 3.62. The van der Waals surface area contributed by atoms with Gasteiger partial charge in [0, 0.05) is 30.5 Å². The predicted octanol–water partition coefficient (Wildman–Crippen LogP) is 2.40. The minimum absolute atomic E-state index is 0.180. The van der Waals surface area contributed by atoms with E-state index >= 15 is 0 Å². The maximum absolute atomic E-state index is 13.0. The molecule has 0 aliphatic carbocycles. The Hall–Kier alpha value is -2.88. The van der Waals surface area contributed by atoms with Crippen LogP contribution in [0.2, 0.25) is 0 Å². The number of amides is 2. The number of urea groups is 1. The van der Waals surface area contributed by atoms with Gasteiger partial charge in [0.25, 0.3) is 5.56 Å². The molecular weight excluding hydrogens is 428 g/mol. The van der Waals surface area contributed by atoms with Crippen LogP contribution in [0.25, 0.3) is 11.2 Å². The van der Waals surface area contributed by atoms with Gasteiger partial charge in [0.05, 0.1) is 5.52 Å². The summed E-state index contributed by atoms with van der Waals surface area (Å²) in [6, 6.07) is 4.71. The molecule has 28 heavy (non-hydrogen) atoms. The molecule has 2 amide bonds. The van der Waals surface area contributed by atoms with Crippen LogP contribution in [0.4, 0.5) is 10.5 Å². The number of nitrogens with zero attached hydrogens (tertiary/aromatic N) is 4. The lowest BCUT2D eigenvalue weighted by Gasteiger charge is -2.36. The zero-order valence-electron chi connectivity index (χ0n) is 15.2. The van der Waals surface area contributed by atoms with Crippen LogP contribution in [0, 0.1) is 0 Å². The summed E-state index contributed by atoms with van der Waals surface area (Å²) in [5, 5.41) is 2.70. The number of pyridine rings is 2. The molecule has 0 aromatic carbocycles. The molecule has 4 heterocycles. The Morgan fingerprint density at radius 1 is 1.36 bits per heavy atom. The molecular formula is C18H19BrN6O3. The van der Waals surface area contributed by atoms with E-state index in [1.54, 1.807) is 47.1 Å². The summed E-state index contributed by atoms with van der Waals surface area (Å²) in [4.78, 5) is 46.4. The van der Waals surface area contributed by atoms with Gasteiger partial charge in [-0.25, -0.2) is 14.6 Å². The molecule has 9 nitrogen and oxygen atoms in total. The number of nitrogens with one attached hydrogen (secondary N) is 2. The molecule has 0 saturated carbocycles. The van der Waals surface area contributed by atoms with Gasteiger partial charge < -0.3 is 14.8 Å². The highest BCUT2D eigenvalue weighted by Gasteiger charge is 2.31. The first-order valence-corrected chi connectivity index (χ1v) is 9.74. The predicted molar refractivity (Wildman–Crippen MR) is 108 cm³/mol. The van der Waals surface area contributed by atoms with Crippen molar-refractivity contribution in [1.82, 2.24) is 24.0 Å². The number of anilines is 1. The van der Waals surface area contributed by atoms with E-state index in [0.717, 1.165) is 12.8 Å². The average Bonchev–Trinajstić information content (AvgIpc) is 3.01. The highest BCUT2D eigenvalue weighted by Crippen LogP contribution is 2.28. The van der Waals surface area contributed by atoms with Gasteiger partial charge in [-0.1, -0.05) is 0 Å². The molecule has 1 atom stereocenters. The van der Waals surface area contributed by atoms with Crippen LogP contribution < -0.4 is 16.6 Å². The zero-order valence-corrected chi connectivity index (χ0v) is 16.8. The molecule has 146 valence electrons. The van der Waals surface area contributed by atoms with E-state index in [4.69, 9.17) is 0 Å². The lowest BCUT2D eigenvalue weighted by Crippen LogP contribution is -2.46. The summed E-state index contributed by atoms with van der Waals surface area (Å²) in [6.07, 6.45) is 5.15. The van der Waals surface area contributed by atoms with Gasteiger partial charge in [-0.3, -0.25) is 14.3 Å². The van der Waals surface area contributed by atoms with E-state index in [2.05, 4.69) is 31.2 Å². The van der Waals surface area contributed by atoms with E-state index < -0.39 is 12.2 Å². The smallest absolute Gasteiger partial charge is 0.316 e. The van der Waals surface area contributed by atoms with Gasteiger partial charge in [0.15, 0.2) is 5.65 Å². The first kappa shape index (κ1) is 18.5. The summed E-state index contributed by atoms with van der Waals surface area (Å²) in [5.74, 6) is 0. The first-order valence-electron chi connectivity index (χ1n) is 8.95. The first-order chi connectivity index (χ1) is 13.5. The number of fused-ring (bicyclic) bond motifs is 1. The van der Waals surface area contributed by atoms with Crippen molar-refractivity contribution in [2.75, 3.05) is 11.9 Å². The van der Waals surface area contributed by atoms with Crippen molar-refractivity contribution in [2.45, 2.75) is 25.4 Å². The second-order valence-corrected chi connectivity index (χ2v) is 7.67. The van der Waals surface area contributed by atoms with Crippen molar-refractivity contribution in [3.8, 4) is 0 Å². The topological polar surface area (TPSA) is 105 Å². The summed E-state index contributed by atoms with van der Waals surface area (Å²) >= 11 is 3.33. The van der Waals surface area contributed by atoms with Crippen LogP contribution in [-0.4, -0.2) is 36.6 Å². The van der Waals surface area contributed by atoms with Gasteiger partial charge in [-0.2, -0.15) is 0 Å². The van der Waals surface area contributed by atoms with Crippen molar-refractivity contribution >= 4 is 38.8 Å². The molecule has 0 radical (unpaired) electrons.